The van der Waals surface area contributed by atoms with Gasteiger partial charge in [-0.15, -0.1) is 0 Å². The summed E-state index contributed by atoms with van der Waals surface area (Å²) in [6, 6.07) is 7.52. The van der Waals surface area contributed by atoms with Crippen molar-refractivity contribution >= 4 is 27.5 Å². The summed E-state index contributed by atoms with van der Waals surface area (Å²) in [5.41, 5.74) is -0.290. The maximum absolute atomic E-state index is 15.4. The quantitative estimate of drug-likeness (QED) is 0.482. The summed E-state index contributed by atoms with van der Waals surface area (Å²) in [7, 11) is -4.25. The molecule has 0 unspecified atom stereocenters. The molecule has 1 saturated carbocycles. The number of rotatable bonds is 3. The number of benzene rings is 2. The van der Waals surface area contributed by atoms with Gasteiger partial charge in [-0.3, -0.25) is 4.90 Å². The zero-order chi connectivity index (χ0) is 28.2. The number of halogens is 3. The van der Waals surface area contributed by atoms with Crippen molar-refractivity contribution in [3.8, 4) is 5.75 Å². The smallest absolute Gasteiger partial charge is 0.410 e. The fourth-order valence-electron chi connectivity index (χ4n) is 6.19. The number of ether oxygens (including phenoxy) is 2. The SMILES string of the molecule is CC(C)(C)N1CCN(C(=O)O[C@@H]2CC[C@@]3(S(=O)(=O)c4ccc(Cl)cc4)c4c(F)ccc(F)c4OC[C@H]3C2)CC1. The number of hydrogen-bond acceptors (Lipinski definition) is 6. The highest BCUT2D eigenvalue weighted by molar-refractivity contribution is 7.92. The van der Waals surface area contributed by atoms with Crippen molar-refractivity contribution in [2.24, 2.45) is 5.92 Å². The van der Waals surface area contributed by atoms with Crippen molar-refractivity contribution in [1.29, 1.82) is 0 Å². The van der Waals surface area contributed by atoms with Gasteiger partial charge >= 0.3 is 6.09 Å². The summed E-state index contributed by atoms with van der Waals surface area (Å²) >= 11 is 5.99. The fourth-order valence-corrected chi connectivity index (χ4v) is 8.68. The van der Waals surface area contributed by atoms with Crippen molar-refractivity contribution in [3.63, 3.8) is 0 Å². The Morgan fingerprint density at radius 3 is 2.33 bits per heavy atom. The number of carbonyl (C=O) groups is 1. The lowest BCUT2D eigenvalue weighted by Gasteiger charge is -2.49. The molecule has 3 aliphatic rings. The Morgan fingerprint density at radius 2 is 1.69 bits per heavy atom. The number of nitrogens with zero attached hydrogens (tertiary/aromatic N) is 2. The predicted molar refractivity (Wildman–Crippen MR) is 143 cm³/mol. The van der Waals surface area contributed by atoms with E-state index in [1.807, 2.05) is 0 Å². The van der Waals surface area contributed by atoms with Crippen molar-refractivity contribution in [3.05, 3.63) is 58.6 Å². The summed E-state index contributed by atoms with van der Waals surface area (Å²) < 4.78 is 68.4. The van der Waals surface area contributed by atoms with Gasteiger partial charge in [-0.25, -0.2) is 22.0 Å². The molecule has 0 aromatic heterocycles. The summed E-state index contributed by atoms with van der Waals surface area (Å²) in [4.78, 5) is 16.9. The molecular weight excluding hydrogens is 550 g/mol. The van der Waals surface area contributed by atoms with E-state index in [-0.39, 0.29) is 47.6 Å². The highest BCUT2D eigenvalue weighted by Crippen LogP contribution is 2.56. The second kappa shape index (κ2) is 10.2. The van der Waals surface area contributed by atoms with Crippen LogP contribution in [-0.2, 0) is 19.3 Å². The van der Waals surface area contributed by atoms with Crippen LogP contribution in [0.3, 0.4) is 0 Å². The molecular formula is C28H33ClF2N2O5S. The largest absolute Gasteiger partial charge is 0.490 e. The minimum atomic E-state index is -4.25. The van der Waals surface area contributed by atoms with Gasteiger partial charge in [0, 0.05) is 42.7 Å². The predicted octanol–water partition coefficient (Wildman–Crippen LogP) is 5.40. The molecule has 11 heteroatoms. The number of piperazine rings is 1. The van der Waals surface area contributed by atoms with Crippen LogP contribution in [0, 0.1) is 17.6 Å². The lowest BCUT2D eigenvalue weighted by Crippen LogP contribution is -2.56. The van der Waals surface area contributed by atoms with E-state index in [4.69, 9.17) is 21.1 Å². The molecule has 2 aromatic carbocycles. The van der Waals surface area contributed by atoms with Crippen molar-refractivity contribution in [2.75, 3.05) is 32.8 Å². The molecule has 39 heavy (non-hydrogen) atoms. The molecule has 2 heterocycles. The molecule has 2 fully saturated rings. The van der Waals surface area contributed by atoms with Gasteiger partial charge in [-0.2, -0.15) is 0 Å². The number of sulfone groups is 1. The van der Waals surface area contributed by atoms with Gasteiger partial charge in [-0.1, -0.05) is 11.6 Å². The van der Waals surface area contributed by atoms with Crippen LogP contribution in [0.4, 0.5) is 13.6 Å². The fraction of sp³-hybridized carbons (Fsp3) is 0.536. The highest BCUT2D eigenvalue weighted by atomic mass is 35.5. The van der Waals surface area contributed by atoms with E-state index in [0.717, 1.165) is 25.2 Å². The molecule has 0 bridgehead atoms. The van der Waals surface area contributed by atoms with Crippen LogP contribution in [0.2, 0.25) is 5.02 Å². The standard InChI is InChI=1S/C28H33ClF2N2O5S/c1-27(2,3)33-14-12-32(13-15-33)26(34)38-20-10-11-28(39(35,36)21-6-4-19(29)5-7-21)18(16-20)17-37-25-23(31)9-8-22(30)24(25)28/h4-9,18,20H,10-17H2,1-3H3/t18-,20-,28+/m1/s1. The summed E-state index contributed by atoms with van der Waals surface area (Å²) in [6.45, 7) is 8.75. The molecule has 1 saturated heterocycles. The van der Waals surface area contributed by atoms with Crippen LogP contribution in [0.5, 0.6) is 5.75 Å². The maximum Gasteiger partial charge on any atom is 0.410 e. The Balaban J connectivity index is 1.43. The van der Waals surface area contributed by atoms with Crippen molar-refractivity contribution < 1.29 is 31.5 Å². The third-order valence-corrected chi connectivity index (χ3v) is 11.2. The average molecular weight is 583 g/mol. The van der Waals surface area contributed by atoms with Crippen LogP contribution >= 0.6 is 11.6 Å². The van der Waals surface area contributed by atoms with Crippen LogP contribution in [-0.4, -0.2) is 68.7 Å². The molecule has 0 radical (unpaired) electrons. The van der Waals surface area contributed by atoms with E-state index in [0.29, 0.717) is 18.1 Å². The zero-order valence-electron chi connectivity index (χ0n) is 22.3. The Labute approximate surface area is 232 Å². The van der Waals surface area contributed by atoms with Crippen LogP contribution in [0.15, 0.2) is 41.3 Å². The monoisotopic (exact) mass is 582 g/mol. The first-order valence-corrected chi connectivity index (χ1v) is 15.0. The second-order valence-corrected chi connectivity index (χ2v) is 14.2. The van der Waals surface area contributed by atoms with Gasteiger partial charge in [-0.05, 0) is 76.4 Å². The van der Waals surface area contributed by atoms with E-state index in [1.54, 1.807) is 4.90 Å². The topological polar surface area (TPSA) is 76.2 Å². The van der Waals surface area contributed by atoms with Gasteiger partial charge < -0.3 is 14.4 Å². The average Bonchev–Trinajstić information content (AvgIpc) is 2.90. The summed E-state index contributed by atoms with van der Waals surface area (Å²) in [5, 5.41) is 0.353. The van der Waals surface area contributed by atoms with Crippen molar-refractivity contribution in [1.82, 2.24) is 9.80 Å². The highest BCUT2D eigenvalue weighted by Gasteiger charge is 2.60. The third kappa shape index (κ3) is 4.89. The number of hydrogen-bond donors (Lipinski definition) is 0. The number of amides is 1. The van der Waals surface area contributed by atoms with Crippen LogP contribution < -0.4 is 4.74 Å². The van der Waals surface area contributed by atoms with E-state index >= 15 is 4.39 Å². The maximum atomic E-state index is 15.4. The first kappa shape index (κ1) is 28.1. The lowest BCUT2D eigenvalue weighted by atomic mass is 9.72. The first-order valence-electron chi connectivity index (χ1n) is 13.2. The minimum absolute atomic E-state index is 0.00426. The Kier molecular flexibility index (Phi) is 7.35. The normalized spacial score (nSPS) is 25.8. The number of carbonyl (C=O) groups excluding carboxylic acids is 1. The van der Waals surface area contributed by atoms with E-state index < -0.39 is 44.3 Å². The van der Waals surface area contributed by atoms with Gasteiger partial charge in [0.25, 0.3) is 0 Å². The first-order chi connectivity index (χ1) is 18.3. The number of fused-ring (bicyclic) bond motifs is 3. The summed E-state index contributed by atoms with van der Waals surface area (Å²) in [6.07, 6.45) is -0.785. The molecule has 2 aromatic rings. The Hall–Kier alpha value is -2.43. The Morgan fingerprint density at radius 1 is 1.05 bits per heavy atom. The third-order valence-electron chi connectivity index (χ3n) is 8.31. The van der Waals surface area contributed by atoms with Gasteiger partial charge in [0.15, 0.2) is 21.4 Å². The molecule has 7 nitrogen and oxygen atoms in total. The molecule has 3 atom stereocenters. The van der Waals surface area contributed by atoms with Gasteiger partial charge in [0.1, 0.15) is 16.7 Å². The molecule has 212 valence electrons. The molecule has 1 aliphatic carbocycles. The van der Waals surface area contributed by atoms with Gasteiger partial charge in [0.2, 0.25) is 0 Å². The van der Waals surface area contributed by atoms with Crippen LogP contribution in [0.25, 0.3) is 0 Å². The summed E-state index contributed by atoms with van der Waals surface area (Å²) in [5.74, 6) is -2.82. The second-order valence-electron chi connectivity index (χ2n) is 11.5. The Bertz CT molecular complexity index is 1360. The lowest BCUT2D eigenvalue weighted by molar-refractivity contribution is -0.00543. The zero-order valence-corrected chi connectivity index (χ0v) is 23.8. The van der Waals surface area contributed by atoms with E-state index in [2.05, 4.69) is 25.7 Å². The van der Waals surface area contributed by atoms with Crippen LogP contribution in [0.1, 0.15) is 45.6 Å². The van der Waals surface area contributed by atoms with Crippen molar-refractivity contribution in [2.45, 2.75) is 61.3 Å². The molecule has 5 rings (SSSR count). The molecule has 0 N–H and O–H groups in total. The minimum Gasteiger partial charge on any atom is -0.490 e. The molecule has 2 aliphatic heterocycles. The molecule has 0 spiro atoms. The molecule has 1 amide bonds. The van der Waals surface area contributed by atoms with E-state index in [1.165, 1.54) is 24.3 Å². The van der Waals surface area contributed by atoms with E-state index in [9.17, 15) is 17.6 Å². The van der Waals surface area contributed by atoms with Gasteiger partial charge in [0.05, 0.1) is 17.1 Å².